The molecule has 0 spiro atoms. The molecule has 3 aromatic rings. The number of hydrogen-bond acceptors (Lipinski definition) is 3. The summed E-state index contributed by atoms with van der Waals surface area (Å²) in [5.41, 5.74) is 3.19. The van der Waals surface area contributed by atoms with E-state index in [2.05, 4.69) is 45.9 Å². The molecule has 1 amide bonds. The van der Waals surface area contributed by atoms with Gasteiger partial charge in [0.2, 0.25) is 5.91 Å². The summed E-state index contributed by atoms with van der Waals surface area (Å²) in [4.78, 5) is 16.3. The number of thiophene rings is 1. The zero-order chi connectivity index (χ0) is 17.9. The van der Waals surface area contributed by atoms with Crippen LogP contribution in [0.3, 0.4) is 0 Å². The van der Waals surface area contributed by atoms with Crippen molar-refractivity contribution in [1.82, 2.24) is 4.90 Å². The molecule has 0 aliphatic carbocycles. The lowest BCUT2D eigenvalue weighted by molar-refractivity contribution is -0.117. The molecule has 1 N–H and O–H groups in total. The number of anilines is 1. The largest absolute Gasteiger partial charge is 0.324 e. The van der Waals surface area contributed by atoms with Gasteiger partial charge < -0.3 is 5.32 Å². The van der Waals surface area contributed by atoms with Gasteiger partial charge in [0.1, 0.15) is 0 Å². The second kappa shape index (κ2) is 7.62. The summed E-state index contributed by atoms with van der Waals surface area (Å²) in [5, 5.41) is 5.64. The first-order chi connectivity index (χ1) is 12.7. The predicted octanol–water partition coefficient (Wildman–Crippen LogP) is 4.99. The Kier molecular flexibility index (Phi) is 5.07. The van der Waals surface area contributed by atoms with Crippen LogP contribution in [0.2, 0.25) is 5.02 Å². The number of hydrogen-bond donors (Lipinski definition) is 1. The molecule has 26 heavy (non-hydrogen) atoms. The zero-order valence-electron chi connectivity index (χ0n) is 14.2. The predicted molar refractivity (Wildman–Crippen MR) is 108 cm³/mol. The van der Waals surface area contributed by atoms with Crippen LogP contribution in [0.15, 0.2) is 66.0 Å². The van der Waals surface area contributed by atoms with Gasteiger partial charge >= 0.3 is 0 Å². The van der Waals surface area contributed by atoms with Gasteiger partial charge in [-0.3, -0.25) is 9.69 Å². The number of benzene rings is 2. The summed E-state index contributed by atoms with van der Waals surface area (Å²) in [5.74, 6) is -0.0438. The van der Waals surface area contributed by atoms with Gasteiger partial charge in [-0.2, -0.15) is 0 Å². The number of halogens is 1. The van der Waals surface area contributed by atoms with Crippen molar-refractivity contribution in [3.63, 3.8) is 0 Å². The molecule has 0 saturated heterocycles. The molecule has 2 aromatic carbocycles. The Balaban J connectivity index is 1.57. The van der Waals surface area contributed by atoms with Crippen LogP contribution >= 0.6 is 22.9 Å². The van der Waals surface area contributed by atoms with Gasteiger partial charge in [0.25, 0.3) is 0 Å². The third-order valence-electron chi connectivity index (χ3n) is 4.68. The number of rotatable bonds is 4. The SMILES string of the molecule is O=C(CN1CCc2sccc2C1c1ccccc1)Nc1ccccc1Cl. The normalized spacial score (nSPS) is 16.9. The molecule has 2 heterocycles. The van der Waals surface area contributed by atoms with Gasteiger partial charge in [-0.25, -0.2) is 0 Å². The van der Waals surface area contributed by atoms with E-state index in [9.17, 15) is 4.79 Å². The third kappa shape index (κ3) is 3.54. The van der Waals surface area contributed by atoms with Crippen molar-refractivity contribution in [1.29, 1.82) is 0 Å². The van der Waals surface area contributed by atoms with E-state index < -0.39 is 0 Å². The van der Waals surface area contributed by atoms with E-state index in [1.54, 1.807) is 17.4 Å². The smallest absolute Gasteiger partial charge is 0.238 e. The van der Waals surface area contributed by atoms with Gasteiger partial charge in [0.05, 0.1) is 23.3 Å². The van der Waals surface area contributed by atoms with Gasteiger partial charge in [0, 0.05) is 11.4 Å². The highest BCUT2D eigenvalue weighted by Gasteiger charge is 2.30. The van der Waals surface area contributed by atoms with Crippen LogP contribution in [-0.4, -0.2) is 23.9 Å². The Morgan fingerprint density at radius 3 is 2.69 bits per heavy atom. The van der Waals surface area contributed by atoms with Gasteiger partial charge in [-0.15, -0.1) is 11.3 Å². The highest BCUT2D eigenvalue weighted by atomic mass is 35.5. The van der Waals surface area contributed by atoms with Gasteiger partial charge in [-0.1, -0.05) is 54.1 Å². The van der Waals surface area contributed by atoms with Crippen LogP contribution < -0.4 is 5.32 Å². The molecule has 5 heteroatoms. The van der Waals surface area contributed by atoms with Crippen molar-refractivity contribution in [3.05, 3.63) is 87.1 Å². The lowest BCUT2D eigenvalue weighted by atomic mass is 9.93. The molecule has 4 rings (SSSR count). The maximum Gasteiger partial charge on any atom is 0.238 e. The lowest BCUT2D eigenvalue weighted by Gasteiger charge is -2.35. The Bertz CT molecular complexity index is 909. The van der Waals surface area contributed by atoms with Crippen molar-refractivity contribution >= 4 is 34.5 Å². The fourth-order valence-electron chi connectivity index (χ4n) is 3.50. The summed E-state index contributed by atoms with van der Waals surface area (Å²) in [6, 6.07) is 20.0. The summed E-state index contributed by atoms with van der Waals surface area (Å²) >= 11 is 7.97. The second-order valence-electron chi connectivity index (χ2n) is 6.36. The Morgan fingerprint density at radius 2 is 1.88 bits per heavy atom. The third-order valence-corrected chi connectivity index (χ3v) is 6.00. The van der Waals surface area contributed by atoms with Crippen LogP contribution in [0, 0.1) is 0 Å². The summed E-state index contributed by atoms with van der Waals surface area (Å²) in [6.07, 6.45) is 0.982. The zero-order valence-corrected chi connectivity index (χ0v) is 15.8. The molecule has 0 bridgehead atoms. The first-order valence-electron chi connectivity index (χ1n) is 8.62. The first kappa shape index (κ1) is 17.3. The van der Waals surface area contributed by atoms with E-state index in [1.807, 2.05) is 24.3 Å². The van der Waals surface area contributed by atoms with Crippen molar-refractivity contribution in [2.24, 2.45) is 0 Å². The molecule has 0 saturated carbocycles. The maximum atomic E-state index is 12.7. The van der Waals surface area contributed by atoms with Gasteiger partial charge in [-0.05, 0) is 41.1 Å². The van der Waals surface area contributed by atoms with E-state index in [4.69, 9.17) is 11.6 Å². The monoisotopic (exact) mass is 382 g/mol. The molecular formula is C21H19ClN2OS. The summed E-state index contributed by atoms with van der Waals surface area (Å²) in [7, 11) is 0. The molecule has 0 radical (unpaired) electrons. The highest BCUT2D eigenvalue weighted by molar-refractivity contribution is 7.10. The fraction of sp³-hybridized carbons (Fsp3) is 0.190. The van der Waals surface area contributed by atoms with Crippen LogP contribution in [0.25, 0.3) is 0 Å². The van der Waals surface area contributed by atoms with E-state index in [0.717, 1.165) is 13.0 Å². The maximum absolute atomic E-state index is 12.7. The number of nitrogens with zero attached hydrogens (tertiary/aromatic N) is 1. The first-order valence-corrected chi connectivity index (χ1v) is 9.88. The van der Waals surface area contributed by atoms with E-state index in [-0.39, 0.29) is 11.9 Å². The van der Waals surface area contributed by atoms with Crippen molar-refractivity contribution in [2.45, 2.75) is 12.5 Å². The molecule has 1 unspecified atom stereocenters. The number of carbonyl (C=O) groups excluding carboxylic acids is 1. The lowest BCUT2D eigenvalue weighted by Crippen LogP contribution is -2.40. The minimum Gasteiger partial charge on any atom is -0.324 e. The molecular weight excluding hydrogens is 364 g/mol. The molecule has 1 aromatic heterocycles. The number of fused-ring (bicyclic) bond motifs is 1. The molecule has 1 atom stereocenters. The quantitative estimate of drug-likeness (QED) is 0.689. The topological polar surface area (TPSA) is 32.3 Å². The number of nitrogens with one attached hydrogen (secondary N) is 1. The van der Waals surface area contributed by atoms with E-state index >= 15 is 0 Å². The van der Waals surface area contributed by atoms with Crippen LogP contribution in [0.4, 0.5) is 5.69 Å². The number of carbonyl (C=O) groups is 1. The van der Waals surface area contributed by atoms with Crippen LogP contribution in [0.1, 0.15) is 22.0 Å². The highest BCUT2D eigenvalue weighted by Crippen LogP contribution is 2.37. The molecule has 1 aliphatic heterocycles. The van der Waals surface area contributed by atoms with Crippen molar-refractivity contribution in [3.8, 4) is 0 Å². The molecule has 3 nitrogen and oxygen atoms in total. The Labute approximate surface area is 162 Å². The minimum absolute atomic E-state index is 0.0438. The number of amides is 1. The van der Waals surface area contributed by atoms with Crippen molar-refractivity contribution < 1.29 is 4.79 Å². The fourth-order valence-corrected chi connectivity index (χ4v) is 4.59. The van der Waals surface area contributed by atoms with Crippen LogP contribution in [0.5, 0.6) is 0 Å². The van der Waals surface area contributed by atoms with Crippen molar-refractivity contribution in [2.75, 3.05) is 18.4 Å². The van der Waals surface area contributed by atoms with E-state index in [0.29, 0.717) is 17.3 Å². The molecule has 0 fully saturated rings. The molecule has 132 valence electrons. The Morgan fingerprint density at radius 1 is 1.12 bits per heavy atom. The number of para-hydroxylation sites is 1. The summed E-state index contributed by atoms with van der Waals surface area (Å²) < 4.78 is 0. The second-order valence-corrected chi connectivity index (χ2v) is 7.77. The van der Waals surface area contributed by atoms with Gasteiger partial charge in [0.15, 0.2) is 0 Å². The average molecular weight is 383 g/mol. The standard InChI is InChI=1S/C21H19ClN2OS/c22-17-8-4-5-9-18(17)23-20(25)14-24-12-10-19-16(11-13-26-19)21(24)15-6-2-1-3-7-15/h1-9,11,13,21H,10,12,14H2,(H,23,25). The Hall–Kier alpha value is -2.14. The van der Waals surface area contributed by atoms with E-state index in [1.165, 1.54) is 16.0 Å². The average Bonchev–Trinajstić information content (AvgIpc) is 3.13. The minimum atomic E-state index is -0.0438. The summed E-state index contributed by atoms with van der Waals surface area (Å²) in [6.45, 7) is 1.20. The molecule has 1 aliphatic rings. The van der Waals surface area contributed by atoms with Crippen LogP contribution in [-0.2, 0) is 11.2 Å².